The van der Waals surface area contributed by atoms with Gasteiger partial charge in [-0.05, 0) is 143 Å². The number of rotatable bonds is 11. The molecule has 4 amide bonds. The molecule has 9 aromatic rings. The summed E-state index contributed by atoms with van der Waals surface area (Å²) in [6.07, 6.45) is 13.7. The van der Waals surface area contributed by atoms with Crippen molar-refractivity contribution in [1.82, 2.24) is 58.7 Å². The lowest BCUT2D eigenvalue weighted by Gasteiger charge is -2.44. The zero-order valence-corrected chi connectivity index (χ0v) is 97.7. The first-order chi connectivity index (χ1) is 66.2. The van der Waals surface area contributed by atoms with Crippen LogP contribution in [0.1, 0.15) is 348 Å². The number of benzene rings is 6. The van der Waals surface area contributed by atoms with E-state index in [1.807, 2.05) is 262 Å². The molecule has 5 aliphatic heterocycles. The molecule has 0 bridgehead atoms. The van der Waals surface area contributed by atoms with Crippen LogP contribution in [0.4, 0.5) is 0 Å². The van der Waals surface area contributed by atoms with Crippen LogP contribution in [-0.4, -0.2) is 223 Å². The molecule has 6 aromatic carbocycles. The second kappa shape index (κ2) is 77.4. The summed E-state index contributed by atoms with van der Waals surface area (Å²) >= 11 is 0. The van der Waals surface area contributed by atoms with E-state index < -0.39 is 5.60 Å². The summed E-state index contributed by atoms with van der Waals surface area (Å²) in [6.45, 7) is 96.0. The lowest BCUT2D eigenvalue weighted by Crippen LogP contribution is -2.61. The Hall–Kier alpha value is -10.0. The number of hydrogen-bond acceptors (Lipinski definition) is 14. The van der Waals surface area contributed by atoms with Crippen molar-refractivity contribution in [1.29, 1.82) is 0 Å². The largest absolute Gasteiger partial charge is 0.386 e. The molecule has 0 radical (unpaired) electrons. The molecule has 5 aliphatic rings. The number of para-hydroxylation sites is 1. The first-order valence-corrected chi connectivity index (χ1v) is 51.9. The number of carbonyl (C=O) groups excluding carboxylic acids is 6. The van der Waals surface area contributed by atoms with Crippen molar-refractivity contribution in [3.05, 3.63) is 265 Å². The molecule has 5 fully saturated rings. The highest BCUT2D eigenvalue weighted by atomic mass is 16.5. The minimum Gasteiger partial charge on any atom is -0.386 e. The van der Waals surface area contributed by atoms with E-state index in [-0.39, 0.29) is 42.6 Å². The molecule has 21 heteroatoms. The van der Waals surface area contributed by atoms with E-state index >= 15 is 0 Å². The summed E-state index contributed by atoms with van der Waals surface area (Å²) in [6, 6.07) is 62.4. The van der Waals surface area contributed by atoms with Gasteiger partial charge in [-0.3, -0.25) is 43.0 Å². The van der Waals surface area contributed by atoms with Gasteiger partial charge >= 0.3 is 0 Å². The van der Waals surface area contributed by atoms with Crippen molar-refractivity contribution in [2.24, 2.45) is 50.4 Å². The number of piperidine rings is 1. The monoisotopic (exact) mass is 2000 g/mol. The molecule has 0 saturated carbocycles. The quantitative estimate of drug-likeness (QED) is 0.119. The van der Waals surface area contributed by atoms with Crippen LogP contribution in [0.25, 0.3) is 5.69 Å². The van der Waals surface area contributed by atoms with Crippen LogP contribution in [0.3, 0.4) is 0 Å². The number of ether oxygens (including phenoxy) is 2. The zero-order valence-electron chi connectivity index (χ0n) is 97.7. The third kappa shape index (κ3) is 96.7. The van der Waals surface area contributed by atoms with Crippen LogP contribution < -0.4 is 0 Å². The summed E-state index contributed by atoms with van der Waals surface area (Å²) < 4.78 is 16.0. The molecular weight excluding hydrogens is 1790 g/mol. The molecule has 14 rings (SSSR count). The summed E-state index contributed by atoms with van der Waals surface area (Å²) in [5, 5.41) is 21.6. The van der Waals surface area contributed by atoms with Crippen LogP contribution in [0, 0.1) is 43.3 Å². The number of β-amino-alcohol motifs (C(OH)–C–C–N with tert-alkyl or cyclic N) is 1. The van der Waals surface area contributed by atoms with E-state index in [4.69, 9.17) is 9.47 Å². The first-order valence-electron chi connectivity index (χ1n) is 51.9. The Labute approximate surface area is 880 Å². The number of likely N-dealkylation sites (N-methyl/N-ethyl adjacent to an activating group) is 1. The number of hydrogen-bond donors (Lipinski definition) is 1. The molecule has 1 N–H and O–H groups in total. The number of piperazine rings is 1. The number of likely N-dealkylation sites (tertiary alicyclic amines) is 2. The third-order valence-corrected chi connectivity index (χ3v) is 16.2. The molecule has 3 aromatic heterocycles. The number of Topliss-reactive ketones (excluding diaryl/α,β-unsaturated/α-hetero) is 2. The van der Waals surface area contributed by atoms with Gasteiger partial charge in [0.05, 0.1) is 57.4 Å². The maximum atomic E-state index is 12.0. The molecule has 0 spiro atoms. The Morgan fingerprint density at radius 2 is 0.604 bits per heavy atom. The van der Waals surface area contributed by atoms with E-state index in [1.165, 1.54) is 0 Å². The standard InChI is InChI=1S/C12H16N2O.C12H13NO2.2C11H13NO2.C10H12O.C9H15N3O.C9H8N2.8C5H12.C4H6N2.2C2H6.CH4/c1-13-7-9-14(10-8-13)12(15)11-5-3-2-4-6-11;14-11-6-8-13(9-7-11)12(15)10-4-2-1-3-5-10;1-11(14)7-12(8-11)10(13)9-5-3-2-4-6-9;13-11(10-4-2-1-3-5-10)12-6-8-14-9-7-12;1-2-6-10(11)9-7-4-3-5-8-9;1-2-10-12(3-1)5-4-11-6-8-13-9-7-11;1-2-5-9(6-3-1)11-8-4-7-10-11;8*1-5(2,3)4;1-6-4-2-3-5-6;2*1-2;/h2-6H,7-10H2,1H3;1-5H,6-9H2;2-6,14H,7-8H2,1H3;1-5H,6-9H2;3-5,7-8H,2,6H2,1H3;1-3H,4-9H2;1-8H;8*1-4H3;2-4H,1H3;2*1-2H3;1H4. The third-order valence-electron chi connectivity index (χ3n) is 16.2. The summed E-state index contributed by atoms with van der Waals surface area (Å²) in [4.78, 5) is 81.6. The number of carbonyl (C=O) groups is 6. The van der Waals surface area contributed by atoms with E-state index in [9.17, 15) is 33.9 Å². The number of aliphatic hydroxyl groups is 1. The van der Waals surface area contributed by atoms with Crippen molar-refractivity contribution in [3.8, 4) is 5.69 Å². The van der Waals surface area contributed by atoms with E-state index in [0.717, 1.165) is 94.4 Å². The molecule has 8 heterocycles. The lowest BCUT2D eigenvalue weighted by atomic mass is 9.96. The van der Waals surface area contributed by atoms with Crippen LogP contribution >= 0.6 is 0 Å². The van der Waals surface area contributed by atoms with Crippen molar-refractivity contribution < 1.29 is 43.3 Å². The predicted molar refractivity (Wildman–Crippen MR) is 615 cm³/mol. The van der Waals surface area contributed by atoms with Crippen molar-refractivity contribution in [3.63, 3.8) is 0 Å². The Bertz CT molecular complexity index is 4320. The maximum absolute atomic E-state index is 12.0. The average molecular weight is 2000 g/mol. The van der Waals surface area contributed by atoms with Gasteiger partial charge < -0.3 is 39.1 Å². The molecule has 0 aliphatic carbocycles. The normalized spacial score (nSPS) is 14.0. The topological polar surface area (TPSA) is 214 Å². The highest BCUT2D eigenvalue weighted by molar-refractivity contribution is 5.97. The maximum Gasteiger partial charge on any atom is 0.254 e. The molecule has 0 unspecified atom stereocenters. The Morgan fingerprint density at radius 1 is 0.333 bits per heavy atom. The van der Waals surface area contributed by atoms with Gasteiger partial charge in [-0.2, -0.15) is 15.3 Å². The minimum atomic E-state index is -0.690. The van der Waals surface area contributed by atoms with E-state index in [0.29, 0.717) is 126 Å². The Morgan fingerprint density at radius 3 is 0.875 bits per heavy atom. The SMILES string of the molecule is C.CC.CC.CC(C)(C)C.CC(C)(C)C.CC(C)(C)C.CC(C)(C)C.CC(C)(C)C.CC(C)(C)C.CC(C)(C)C.CC(C)(C)C.CC1(O)CN(C(=O)c2ccccc2)C1.CCCC(=O)c1ccccc1.CN1CCN(C(=O)c2ccccc2)CC1.Cn1cccn1.O=C(c1ccccc1)N1CCOCC1.O=C1CCN(C(=O)c2ccccc2)CC1.c1ccc(-n2cccn2)cc1.c1cnn(CCN2CCOCC2)c1. The average Bonchev–Trinajstić information content (AvgIpc) is 1.60. The zero-order chi connectivity index (χ0) is 110. The number of morpholine rings is 2. The van der Waals surface area contributed by atoms with Crippen LogP contribution in [0.15, 0.2) is 237 Å². The van der Waals surface area contributed by atoms with Gasteiger partial charge in [-0.15, -0.1) is 0 Å². The molecular formula is C123H208N12O9. The molecule has 814 valence electrons. The highest BCUT2D eigenvalue weighted by Crippen LogP contribution is 2.23. The van der Waals surface area contributed by atoms with Gasteiger partial charge in [0.2, 0.25) is 0 Å². The second-order valence-corrected chi connectivity index (χ2v) is 48.2. The van der Waals surface area contributed by atoms with Crippen LogP contribution in [0.5, 0.6) is 0 Å². The van der Waals surface area contributed by atoms with Crippen molar-refractivity contribution in [2.45, 2.75) is 308 Å². The molecule has 5 saturated heterocycles. The fourth-order valence-corrected chi connectivity index (χ4v) is 10.6. The molecule has 144 heavy (non-hydrogen) atoms. The minimum absolute atomic E-state index is 0. The fourth-order valence-electron chi connectivity index (χ4n) is 10.6. The van der Waals surface area contributed by atoms with Gasteiger partial charge in [0.25, 0.3) is 23.6 Å². The van der Waals surface area contributed by atoms with Crippen molar-refractivity contribution >= 4 is 35.2 Å². The van der Waals surface area contributed by atoms with Gasteiger partial charge in [0.15, 0.2) is 5.78 Å². The summed E-state index contributed by atoms with van der Waals surface area (Å²) in [7, 11) is 3.98. The van der Waals surface area contributed by atoms with E-state index in [2.05, 4.69) is 254 Å². The first kappa shape index (κ1) is 142. The number of aryl methyl sites for hydroxylation is 1. The predicted octanol–water partition coefficient (Wildman–Crippen LogP) is 28.9. The molecule has 0 atom stereocenters. The van der Waals surface area contributed by atoms with Gasteiger partial charge in [-0.25, -0.2) is 4.68 Å². The second-order valence-electron chi connectivity index (χ2n) is 48.2. The number of aromatic nitrogens is 6. The highest BCUT2D eigenvalue weighted by Gasteiger charge is 2.39. The van der Waals surface area contributed by atoms with Gasteiger partial charge in [-0.1, -0.05) is 385 Å². The summed E-state index contributed by atoms with van der Waals surface area (Å²) in [5.41, 5.74) is 8.17. The van der Waals surface area contributed by atoms with Crippen LogP contribution in [0.2, 0.25) is 0 Å². The van der Waals surface area contributed by atoms with E-state index in [1.54, 1.807) is 58.1 Å². The summed E-state index contributed by atoms with van der Waals surface area (Å²) in [5.74, 6) is 0.790. The number of ketones is 2. The van der Waals surface area contributed by atoms with Gasteiger partial charge in [0.1, 0.15) is 5.78 Å². The fraction of sp³-hybridized carbons (Fsp3) is 0.585. The lowest BCUT2D eigenvalue weighted by molar-refractivity contribution is -0.120. The number of amides is 4. The Balaban J connectivity index is -0.000000485. The van der Waals surface area contributed by atoms with Gasteiger partial charge in [0, 0.05) is 163 Å². The smallest absolute Gasteiger partial charge is 0.254 e. The van der Waals surface area contributed by atoms with Crippen LogP contribution in [-0.2, 0) is 27.9 Å². The number of nitrogens with zero attached hydrogens (tertiary/aromatic N) is 12. The molecule has 21 nitrogen and oxygen atoms in total. The Kier molecular flexibility index (Phi) is 76.5. The van der Waals surface area contributed by atoms with Crippen molar-refractivity contribution in [2.75, 3.05) is 119 Å².